The van der Waals surface area contributed by atoms with Crippen LogP contribution < -0.4 is 5.32 Å². The number of aromatic hydroxyl groups is 1. The number of carbonyl (C=O) groups excluding carboxylic acids is 1. The molecule has 0 amide bonds. The van der Waals surface area contributed by atoms with Gasteiger partial charge in [-0.1, -0.05) is 97.1 Å². The maximum absolute atomic E-state index is 13.5. The summed E-state index contributed by atoms with van der Waals surface area (Å²) >= 11 is 0. The Morgan fingerprint density at radius 1 is 0.711 bits per heavy atom. The van der Waals surface area contributed by atoms with E-state index in [4.69, 9.17) is 0 Å². The molecule has 0 spiro atoms. The first-order chi connectivity index (χ1) is 18.7. The van der Waals surface area contributed by atoms with Crippen molar-refractivity contribution in [2.45, 2.75) is 25.2 Å². The van der Waals surface area contributed by atoms with Crippen LogP contribution in [0.25, 0.3) is 33.0 Å². The Bertz CT molecular complexity index is 1670. The SMILES string of the molecule is O=C1CCCC2=C1C(c1cc(-c3ccccc3)c(O)c(-c3ccccc3)c1)c1ccc3ccccc3c1N2. The Labute approximate surface area is 222 Å². The van der Waals surface area contributed by atoms with E-state index in [-0.39, 0.29) is 17.5 Å². The Hall–Kier alpha value is -4.63. The Morgan fingerprint density at radius 3 is 2.03 bits per heavy atom. The highest BCUT2D eigenvalue weighted by Gasteiger charge is 2.36. The number of fused-ring (bicyclic) bond motifs is 3. The summed E-state index contributed by atoms with van der Waals surface area (Å²) in [5.41, 5.74) is 8.52. The molecule has 0 bridgehead atoms. The number of hydrogen-bond acceptors (Lipinski definition) is 3. The molecule has 2 aliphatic rings. The fourth-order valence-corrected chi connectivity index (χ4v) is 6.15. The molecule has 1 atom stereocenters. The van der Waals surface area contributed by atoms with E-state index in [1.165, 1.54) is 5.39 Å². The summed E-state index contributed by atoms with van der Waals surface area (Å²) in [7, 11) is 0. The van der Waals surface area contributed by atoms with Crippen molar-refractivity contribution in [2.75, 3.05) is 5.32 Å². The second kappa shape index (κ2) is 9.04. The highest BCUT2D eigenvalue weighted by atomic mass is 16.3. The van der Waals surface area contributed by atoms with Gasteiger partial charge in [0.05, 0.1) is 5.69 Å². The van der Waals surface area contributed by atoms with Crippen molar-refractivity contribution in [1.29, 1.82) is 0 Å². The Kier molecular flexibility index (Phi) is 5.36. The average Bonchev–Trinajstić information content (AvgIpc) is 2.97. The maximum Gasteiger partial charge on any atom is 0.161 e. The van der Waals surface area contributed by atoms with Gasteiger partial charge in [-0.3, -0.25) is 4.79 Å². The summed E-state index contributed by atoms with van der Waals surface area (Å²) in [6.45, 7) is 0. The highest BCUT2D eigenvalue weighted by molar-refractivity contribution is 6.05. The lowest BCUT2D eigenvalue weighted by atomic mass is 9.74. The second-order valence-corrected chi connectivity index (χ2v) is 10.2. The van der Waals surface area contributed by atoms with E-state index in [0.29, 0.717) is 6.42 Å². The molecular formula is C35H27NO2. The molecule has 184 valence electrons. The molecule has 0 saturated carbocycles. The molecular weight excluding hydrogens is 466 g/mol. The summed E-state index contributed by atoms with van der Waals surface area (Å²) in [5.74, 6) is 0.241. The van der Waals surface area contributed by atoms with Crippen LogP contribution in [0.1, 0.15) is 36.3 Å². The summed E-state index contributed by atoms with van der Waals surface area (Å²) < 4.78 is 0. The monoisotopic (exact) mass is 493 g/mol. The Balaban J connectivity index is 1.54. The van der Waals surface area contributed by atoms with Gasteiger partial charge in [-0.2, -0.15) is 0 Å². The van der Waals surface area contributed by atoms with E-state index in [2.05, 4.69) is 53.8 Å². The number of Topliss-reactive ketones (excluding diaryl/α,β-unsaturated/α-hetero) is 1. The molecule has 0 aromatic heterocycles. The number of ketones is 1. The minimum atomic E-state index is -0.218. The predicted molar refractivity (Wildman–Crippen MR) is 154 cm³/mol. The molecule has 3 heteroatoms. The molecule has 0 radical (unpaired) electrons. The zero-order valence-corrected chi connectivity index (χ0v) is 20.9. The van der Waals surface area contributed by atoms with Crippen LogP contribution in [0.15, 0.2) is 120 Å². The van der Waals surface area contributed by atoms with Gasteiger partial charge in [0.25, 0.3) is 0 Å². The number of phenolic OH excluding ortho intramolecular Hbond substituents is 1. The lowest BCUT2D eigenvalue weighted by Gasteiger charge is -2.35. The first-order valence-corrected chi connectivity index (χ1v) is 13.2. The van der Waals surface area contributed by atoms with Crippen LogP contribution in [0.4, 0.5) is 5.69 Å². The molecule has 1 aliphatic heterocycles. The van der Waals surface area contributed by atoms with E-state index in [1.807, 2.05) is 60.7 Å². The molecule has 3 nitrogen and oxygen atoms in total. The van der Waals surface area contributed by atoms with Gasteiger partial charge in [0, 0.05) is 40.1 Å². The molecule has 0 saturated heterocycles. The van der Waals surface area contributed by atoms with E-state index in [1.54, 1.807) is 0 Å². The number of carbonyl (C=O) groups is 1. The van der Waals surface area contributed by atoms with E-state index in [9.17, 15) is 9.90 Å². The first kappa shape index (κ1) is 22.6. The van der Waals surface area contributed by atoms with Crippen LogP contribution >= 0.6 is 0 Å². The molecule has 2 N–H and O–H groups in total. The molecule has 1 aliphatic carbocycles. The van der Waals surface area contributed by atoms with Crippen LogP contribution in [0, 0.1) is 0 Å². The van der Waals surface area contributed by atoms with Crippen LogP contribution in [-0.4, -0.2) is 10.9 Å². The quantitative estimate of drug-likeness (QED) is 0.265. The number of anilines is 1. The van der Waals surface area contributed by atoms with Crippen LogP contribution in [0.3, 0.4) is 0 Å². The molecule has 0 fully saturated rings. The molecule has 1 unspecified atom stereocenters. The largest absolute Gasteiger partial charge is 0.507 e. The van der Waals surface area contributed by atoms with Crippen molar-refractivity contribution in [3.05, 3.63) is 132 Å². The number of allylic oxidation sites excluding steroid dienone is 2. The van der Waals surface area contributed by atoms with Crippen molar-refractivity contribution in [1.82, 2.24) is 0 Å². The maximum atomic E-state index is 13.5. The highest BCUT2D eigenvalue weighted by Crippen LogP contribution is 2.50. The topological polar surface area (TPSA) is 49.3 Å². The van der Waals surface area contributed by atoms with Crippen molar-refractivity contribution >= 4 is 22.2 Å². The summed E-state index contributed by atoms with van der Waals surface area (Å²) in [6, 6.07) is 36.9. The summed E-state index contributed by atoms with van der Waals surface area (Å²) in [4.78, 5) is 13.5. The Morgan fingerprint density at radius 2 is 1.34 bits per heavy atom. The summed E-state index contributed by atoms with van der Waals surface area (Å²) in [5, 5.41) is 17.6. The fourth-order valence-electron chi connectivity index (χ4n) is 6.15. The minimum Gasteiger partial charge on any atom is -0.507 e. The van der Waals surface area contributed by atoms with E-state index >= 15 is 0 Å². The van der Waals surface area contributed by atoms with Crippen molar-refractivity contribution in [3.8, 4) is 28.0 Å². The fraction of sp³-hybridized carbons (Fsp3) is 0.114. The summed E-state index contributed by atoms with van der Waals surface area (Å²) in [6.07, 6.45) is 2.28. The average molecular weight is 494 g/mol. The zero-order chi connectivity index (χ0) is 25.6. The predicted octanol–water partition coefficient (Wildman–Crippen LogP) is 8.44. The normalized spacial score (nSPS) is 16.6. The van der Waals surface area contributed by atoms with Gasteiger partial charge in [-0.25, -0.2) is 0 Å². The molecule has 5 aromatic rings. The van der Waals surface area contributed by atoms with E-state index in [0.717, 1.165) is 68.6 Å². The molecule has 38 heavy (non-hydrogen) atoms. The molecule has 5 aromatic carbocycles. The molecule has 1 heterocycles. The van der Waals surface area contributed by atoms with E-state index < -0.39 is 0 Å². The number of phenols is 1. The van der Waals surface area contributed by atoms with Gasteiger partial charge < -0.3 is 10.4 Å². The number of hydrogen-bond donors (Lipinski definition) is 2. The van der Waals surface area contributed by atoms with Crippen LogP contribution in [0.5, 0.6) is 5.75 Å². The lowest BCUT2D eigenvalue weighted by Crippen LogP contribution is -2.27. The van der Waals surface area contributed by atoms with Crippen molar-refractivity contribution in [3.63, 3.8) is 0 Å². The standard InChI is InChI=1S/C35H27NO2/c37-31-17-9-16-30-33(31)32(27-19-18-24-14-7-8-15-26(24)34(27)36-30)25-20-28(22-10-3-1-4-11-22)35(38)29(21-25)23-12-5-2-6-13-23/h1-8,10-15,18-21,32,36,38H,9,16-17H2. The van der Waals surface area contributed by atoms with Crippen molar-refractivity contribution < 1.29 is 9.90 Å². The van der Waals surface area contributed by atoms with Gasteiger partial charge in [-0.15, -0.1) is 0 Å². The lowest BCUT2D eigenvalue weighted by molar-refractivity contribution is -0.116. The van der Waals surface area contributed by atoms with Crippen LogP contribution in [0.2, 0.25) is 0 Å². The number of rotatable bonds is 3. The van der Waals surface area contributed by atoms with Gasteiger partial charge in [0.1, 0.15) is 5.75 Å². The second-order valence-electron chi connectivity index (χ2n) is 10.2. The third kappa shape index (κ3) is 3.62. The zero-order valence-electron chi connectivity index (χ0n) is 20.9. The van der Waals surface area contributed by atoms with Gasteiger partial charge >= 0.3 is 0 Å². The first-order valence-electron chi connectivity index (χ1n) is 13.2. The van der Waals surface area contributed by atoms with Gasteiger partial charge in [0.2, 0.25) is 0 Å². The van der Waals surface area contributed by atoms with Crippen LogP contribution in [-0.2, 0) is 4.79 Å². The smallest absolute Gasteiger partial charge is 0.161 e. The third-order valence-corrected chi connectivity index (χ3v) is 7.93. The van der Waals surface area contributed by atoms with Gasteiger partial charge in [0.15, 0.2) is 5.78 Å². The molecule has 7 rings (SSSR count). The number of nitrogens with one attached hydrogen (secondary N) is 1. The van der Waals surface area contributed by atoms with Crippen molar-refractivity contribution in [2.24, 2.45) is 0 Å². The minimum absolute atomic E-state index is 0.207. The third-order valence-electron chi connectivity index (χ3n) is 7.93. The van der Waals surface area contributed by atoms with Gasteiger partial charge in [-0.05, 0) is 52.6 Å². The number of benzene rings is 5.